The van der Waals surface area contributed by atoms with E-state index in [1.807, 2.05) is 19.1 Å². The molecule has 11 nitrogen and oxygen atoms in total. The van der Waals surface area contributed by atoms with E-state index in [1.165, 1.54) is 41.2 Å². The molecule has 2 aromatic carbocycles. The van der Waals surface area contributed by atoms with E-state index < -0.39 is 16.8 Å². The zero-order valence-electron chi connectivity index (χ0n) is 21.7. The van der Waals surface area contributed by atoms with Crippen LogP contribution in [0.3, 0.4) is 0 Å². The molecule has 3 aliphatic rings. The molecule has 4 atom stereocenters. The number of hydrogen-bond donors (Lipinski definition) is 0. The summed E-state index contributed by atoms with van der Waals surface area (Å²) in [6.07, 6.45) is 4.36. The molecule has 2 heterocycles. The Kier molecular flexibility index (Phi) is 6.67. The number of methoxy groups -OCH3 is 1. The van der Waals surface area contributed by atoms with Crippen LogP contribution in [0, 0.1) is 40.7 Å². The number of non-ortho nitro benzene ring substituents is 1. The maximum atomic E-state index is 13.1. The highest BCUT2D eigenvalue weighted by atomic mass is 16.6. The van der Waals surface area contributed by atoms with Crippen molar-refractivity contribution in [3.63, 3.8) is 0 Å². The van der Waals surface area contributed by atoms with Crippen molar-refractivity contribution in [2.24, 2.45) is 23.7 Å². The van der Waals surface area contributed by atoms with Crippen LogP contribution < -0.4 is 19.3 Å². The lowest BCUT2D eigenvalue weighted by molar-refractivity contribution is -0.384. The van der Waals surface area contributed by atoms with Gasteiger partial charge in [-0.25, -0.2) is 4.90 Å². The minimum Gasteiger partial charge on any atom is -0.494 e. The maximum Gasteiger partial charge on any atom is 0.316 e. The van der Waals surface area contributed by atoms with Gasteiger partial charge < -0.3 is 14.4 Å². The molecule has 11 heteroatoms. The summed E-state index contributed by atoms with van der Waals surface area (Å²) in [6.45, 7) is 3.69. The number of carbonyl (C=O) groups is 4. The van der Waals surface area contributed by atoms with E-state index in [0.29, 0.717) is 23.4 Å². The molecule has 0 aromatic heterocycles. The average Bonchev–Trinajstić information content (AvgIpc) is 3.41. The fraction of sp³-hybridized carbons (Fsp3) is 0.357. The average molecular weight is 534 g/mol. The van der Waals surface area contributed by atoms with Gasteiger partial charge in [0.2, 0.25) is 17.7 Å². The molecule has 0 saturated carbocycles. The van der Waals surface area contributed by atoms with Crippen molar-refractivity contribution in [2.45, 2.75) is 26.7 Å². The van der Waals surface area contributed by atoms with Crippen LogP contribution in [0.4, 0.5) is 17.1 Å². The predicted octanol–water partition coefficient (Wildman–Crippen LogP) is 3.57. The van der Waals surface area contributed by atoms with Gasteiger partial charge in [0.25, 0.3) is 5.69 Å². The SMILES string of the molecule is COc1cc([N+](=O)[O-])ccc1N1C[C@H](C(=O)Oc2ccc(N3C(=O)[C@@H]4[C@@H](C)C=CC[C@H]4C3=O)c(C)c2)CC1=O. The standard InChI is InChI=1S/C28H27N3O8/c1-15-5-4-6-20-25(15)27(34)30(26(20)33)21-10-8-19(11-16(21)2)39-28(35)17-12-24(32)29(14-17)22-9-7-18(31(36)37)13-23(22)38-3/h4-5,7-11,13,15,17,20,25H,6,12,14H2,1-3H3/t15-,17+,20+,25+/m0/s1. The monoisotopic (exact) mass is 533 g/mol. The summed E-state index contributed by atoms with van der Waals surface area (Å²) < 4.78 is 10.8. The van der Waals surface area contributed by atoms with E-state index in [2.05, 4.69) is 0 Å². The van der Waals surface area contributed by atoms with Crippen molar-refractivity contribution in [3.05, 3.63) is 64.2 Å². The number of rotatable bonds is 6. The molecule has 0 radical (unpaired) electrons. The number of nitrogens with zero attached hydrogens (tertiary/aromatic N) is 3. The number of hydrogen-bond acceptors (Lipinski definition) is 8. The molecule has 3 amide bonds. The Morgan fingerprint density at radius 2 is 1.82 bits per heavy atom. The summed E-state index contributed by atoms with van der Waals surface area (Å²) in [6, 6.07) is 8.61. The second-order valence-corrected chi connectivity index (χ2v) is 10.1. The number of fused-ring (bicyclic) bond motifs is 1. The number of esters is 1. The molecule has 2 fully saturated rings. The lowest BCUT2D eigenvalue weighted by atomic mass is 9.78. The third-order valence-electron chi connectivity index (χ3n) is 7.62. The lowest BCUT2D eigenvalue weighted by Crippen LogP contribution is -2.32. The number of anilines is 2. The Balaban J connectivity index is 1.29. The second-order valence-electron chi connectivity index (χ2n) is 10.1. The highest BCUT2D eigenvalue weighted by molar-refractivity contribution is 6.22. The van der Waals surface area contributed by atoms with Crippen molar-refractivity contribution in [3.8, 4) is 11.5 Å². The highest BCUT2D eigenvalue weighted by Crippen LogP contribution is 2.42. The first-order valence-corrected chi connectivity index (χ1v) is 12.6. The Hall–Kier alpha value is -4.54. The zero-order chi connectivity index (χ0) is 28.0. The first-order valence-electron chi connectivity index (χ1n) is 12.6. The fourth-order valence-electron chi connectivity index (χ4n) is 5.63. The number of aryl methyl sites for hydroxylation is 1. The summed E-state index contributed by atoms with van der Waals surface area (Å²) >= 11 is 0. The van der Waals surface area contributed by atoms with Crippen LogP contribution in [0.5, 0.6) is 11.5 Å². The van der Waals surface area contributed by atoms with Gasteiger partial charge in [0.1, 0.15) is 11.5 Å². The topological polar surface area (TPSA) is 136 Å². The van der Waals surface area contributed by atoms with Gasteiger partial charge in [0, 0.05) is 19.0 Å². The molecule has 0 bridgehead atoms. The molecule has 2 saturated heterocycles. The maximum absolute atomic E-state index is 13.1. The largest absolute Gasteiger partial charge is 0.494 e. The molecule has 202 valence electrons. The van der Waals surface area contributed by atoms with Crippen molar-refractivity contribution >= 4 is 40.8 Å². The number of carbonyl (C=O) groups excluding carboxylic acids is 4. The van der Waals surface area contributed by atoms with E-state index >= 15 is 0 Å². The summed E-state index contributed by atoms with van der Waals surface area (Å²) in [5, 5.41) is 11.1. The van der Waals surface area contributed by atoms with Crippen LogP contribution in [-0.2, 0) is 19.2 Å². The Labute approximate surface area is 224 Å². The van der Waals surface area contributed by atoms with Gasteiger partial charge in [-0.1, -0.05) is 19.1 Å². The number of nitro groups is 1. The number of amides is 3. The number of nitro benzene ring substituents is 1. The van der Waals surface area contributed by atoms with Gasteiger partial charge in [-0.05, 0) is 49.1 Å². The Bertz CT molecular complexity index is 1430. The van der Waals surface area contributed by atoms with Gasteiger partial charge in [-0.3, -0.25) is 29.3 Å². The van der Waals surface area contributed by atoms with Gasteiger partial charge in [-0.2, -0.15) is 0 Å². The number of benzene rings is 2. The van der Waals surface area contributed by atoms with Crippen LogP contribution in [0.2, 0.25) is 0 Å². The molecule has 39 heavy (non-hydrogen) atoms. The van der Waals surface area contributed by atoms with Crippen LogP contribution in [0.25, 0.3) is 0 Å². The van der Waals surface area contributed by atoms with Gasteiger partial charge in [0.15, 0.2) is 0 Å². The first-order chi connectivity index (χ1) is 18.6. The van der Waals surface area contributed by atoms with Gasteiger partial charge >= 0.3 is 5.97 Å². The molecule has 1 aliphatic carbocycles. The van der Waals surface area contributed by atoms with E-state index in [-0.39, 0.29) is 65.6 Å². The quantitative estimate of drug-likeness (QED) is 0.137. The molecular weight excluding hydrogens is 506 g/mol. The molecule has 0 spiro atoms. The zero-order valence-corrected chi connectivity index (χ0v) is 21.7. The summed E-state index contributed by atoms with van der Waals surface area (Å²) in [5.74, 6) is -2.56. The van der Waals surface area contributed by atoms with E-state index in [0.717, 1.165) is 0 Å². The number of allylic oxidation sites excluding steroid dienone is 2. The molecule has 0 N–H and O–H groups in total. The third kappa shape index (κ3) is 4.53. The van der Waals surface area contributed by atoms with Crippen LogP contribution in [0.1, 0.15) is 25.3 Å². The first kappa shape index (κ1) is 26.1. The normalized spacial score (nSPS) is 24.2. The number of imide groups is 1. The molecule has 2 aliphatic heterocycles. The van der Waals surface area contributed by atoms with E-state index in [4.69, 9.17) is 9.47 Å². The second kappa shape index (κ2) is 9.97. The van der Waals surface area contributed by atoms with Crippen molar-refractivity contribution < 1.29 is 33.6 Å². The van der Waals surface area contributed by atoms with E-state index in [1.54, 1.807) is 19.1 Å². The molecule has 5 rings (SSSR count). The summed E-state index contributed by atoms with van der Waals surface area (Å²) in [5.41, 5.74) is 1.20. The lowest BCUT2D eigenvalue weighted by Gasteiger charge is -2.22. The Morgan fingerprint density at radius 3 is 2.49 bits per heavy atom. The van der Waals surface area contributed by atoms with Crippen LogP contribution in [-0.4, -0.2) is 42.3 Å². The van der Waals surface area contributed by atoms with Crippen LogP contribution in [0.15, 0.2) is 48.6 Å². The predicted molar refractivity (Wildman–Crippen MR) is 139 cm³/mol. The van der Waals surface area contributed by atoms with Gasteiger partial charge in [0.05, 0.1) is 47.2 Å². The minimum absolute atomic E-state index is 0.0225. The third-order valence-corrected chi connectivity index (χ3v) is 7.62. The van der Waals surface area contributed by atoms with Crippen molar-refractivity contribution in [2.75, 3.05) is 23.5 Å². The summed E-state index contributed by atoms with van der Waals surface area (Å²) in [7, 11) is 1.34. The van der Waals surface area contributed by atoms with Crippen LogP contribution >= 0.6 is 0 Å². The van der Waals surface area contributed by atoms with E-state index in [9.17, 15) is 29.3 Å². The summed E-state index contributed by atoms with van der Waals surface area (Å²) in [4.78, 5) is 65.0. The smallest absolute Gasteiger partial charge is 0.316 e. The van der Waals surface area contributed by atoms with Crippen molar-refractivity contribution in [1.82, 2.24) is 0 Å². The molecule has 2 aromatic rings. The van der Waals surface area contributed by atoms with Crippen molar-refractivity contribution in [1.29, 1.82) is 0 Å². The number of ether oxygens (including phenoxy) is 2. The molecule has 0 unspecified atom stereocenters. The highest BCUT2D eigenvalue weighted by Gasteiger charge is 2.50. The molecular formula is C28H27N3O8. The van der Waals surface area contributed by atoms with Gasteiger partial charge in [-0.15, -0.1) is 0 Å². The fourth-order valence-corrected chi connectivity index (χ4v) is 5.63. The Morgan fingerprint density at radius 1 is 1.08 bits per heavy atom. The minimum atomic E-state index is -0.767.